The monoisotopic (exact) mass is 311 g/mol. The van der Waals surface area contributed by atoms with Gasteiger partial charge in [-0.2, -0.15) is 0 Å². The Morgan fingerprint density at radius 2 is 1.50 bits per heavy atom. The number of amides is 1. The molecule has 22 heavy (non-hydrogen) atoms. The highest BCUT2D eigenvalue weighted by molar-refractivity contribution is 8.02. The topological polar surface area (TPSA) is 29.1 Å². The van der Waals surface area contributed by atoms with Gasteiger partial charge in [0, 0.05) is 10.4 Å². The van der Waals surface area contributed by atoms with Crippen molar-refractivity contribution in [2.75, 3.05) is 0 Å². The Kier molecular flexibility index (Phi) is 5.45. The van der Waals surface area contributed by atoms with E-state index in [0.717, 1.165) is 10.5 Å². The average molecular weight is 311 g/mol. The van der Waals surface area contributed by atoms with E-state index in [-0.39, 0.29) is 11.4 Å². The Hall–Kier alpha value is -2.00. The van der Waals surface area contributed by atoms with Crippen molar-refractivity contribution in [3.8, 4) is 0 Å². The molecule has 0 heterocycles. The Morgan fingerprint density at radius 1 is 0.955 bits per heavy atom. The number of nitrogens with one attached hydrogen (secondary N) is 1. The van der Waals surface area contributed by atoms with E-state index in [2.05, 4.69) is 5.32 Å². The molecule has 0 aliphatic heterocycles. The van der Waals surface area contributed by atoms with Crippen LogP contribution in [0.4, 0.5) is 0 Å². The number of thioether (sulfide) groups is 1. The number of hydrogen-bond donors (Lipinski definition) is 1. The summed E-state index contributed by atoms with van der Waals surface area (Å²) in [6, 6.07) is 19.8. The van der Waals surface area contributed by atoms with Crippen LogP contribution in [0.2, 0.25) is 0 Å². The second-order valence-corrected chi connectivity index (χ2v) is 6.98. The Bertz CT molecular complexity index is 642. The third kappa shape index (κ3) is 5.08. The Labute approximate surface area is 136 Å². The lowest BCUT2D eigenvalue weighted by Gasteiger charge is -2.21. The molecule has 0 saturated heterocycles. The predicted octanol–water partition coefficient (Wildman–Crippen LogP) is 4.73. The number of rotatable bonds is 4. The summed E-state index contributed by atoms with van der Waals surface area (Å²) in [6.45, 7) is 5.95. The zero-order valence-electron chi connectivity index (χ0n) is 13.2. The molecule has 2 rings (SSSR count). The van der Waals surface area contributed by atoms with Gasteiger partial charge in [0.2, 0.25) is 0 Å². The van der Waals surface area contributed by atoms with Gasteiger partial charge in [-0.15, -0.1) is 0 Å². The molecule has 1 amide bonds. The van der Waals surface area contributed by atoms with Gasteiger partial charge in [-0.1, -0.05) is 60.3 Å². The summed E-state index contributed by atoms with van der Waals surface area (Å²) >= 11 is 1.55. The fourth-order valence-electron chi connectivity index (χ4n) is 1.90. The summed E-state index contributed by atoms with van der Waals surface area (Å²) in [5.41, 5.74) is 1.35. The van der Waals surface area contributed by atoms with Gasteiger partial charge in [-0.25, -0.2) is 0 Å². The molecule has 0 spiro atoms. The van der Waals surface area contributed by atoms with Crippen LogP contribution in [0.25, 0.3) is 5.57 Å². The molecule has 2 nitrogen and oxygen atoms in total. The zero-order valence-corrected chi connectivity index (χ0v) is 14.0. The molecule has 0 aliphatic rings. The molecule has 0 saturated carbocycles. The van der Waals surface area contributed by atoms with E-state index >= 15 is 0 Å². The summed E-state index contributed by atoms with van der Waals surface area (Å²) in [5.74, 6) is -0.0536. The maximum atomic E-state index is 12.6. The van der Waals surface area contributed by atoms with Gasteiger partial charge in [0.25, 0.3) is 5.91 Å². The van der Waals surface area contributed by atoms with Gasteiger partial charge < -0.3 is 5.32 Å². The number of benzene rings is 2. The lowest BCUT2D eigenvalue weighted by Crippen LogP contribution is -2.40. The van der Waals surface area contributed by atoms with E-state index in [1.165, 1.54) is 0 Å². The molecule has 2 aromatic carbocycles. The maximum absolute atomic E-state index is 12.6. The summed E-state index contributed by atoms with van der Waals surface area (Å²) < 4.78 is 0. The van der Waals surface area contributed by atoms with Crippen LogP contribution in [0, 0.1) is 0 Å². The van der Waals surface area contributed by atoms with Crippen molar-refractivity contribution >= 4 is 23.2 Å². The first-order valence-corrected chi connectivity index (χ1v) is 8.13. The van der Waals surface area contributed by atoms with E-state index in [1.807, 2.05) is 86.8 Å². The highest BCUT2D eigenvalue weighted by Gasteiger charge is 2.18. The molecule has 2 aromatic rings. The van der Waals surface area contributed by atoms with Crippen molar-refractivity contribution in [1.29, 1.82) is 0 Å². The molecule has 3 heteroatoms. The summed E-state index contributed by atoms with van der Waals surface area (Å²) in [6.07, 6.45) is 0. The quantitative estimate of drug-likeness (QED) is 0.653. The second kappa shape index (κ2) is 7.32. The maximum Gasteiger partial charge on any atom is 0.252 e. The van der Waals surface area contributed by atoms with Crippen LogP contribution in [0.5, 0.6) is 0 Å². The molecule has 0 bridgehead atoms. The molecule has 0 radical (unpaired) electrons. The smallest absolute Gasteiger partial charge is 0.252 e. The molecular weight excluding hydrogens is 290 g/mol. The number of hydrogen-bond acceptors (Lipinski definition) is 2. The minimum atomic E-state index is -0.262. The third-order valence-electron chi connectivity index (χ3n) is 2.87. The molecular formula is C19H21NOS. The second-order valence-electron chi connectivity index (χ2n) is 6.03. The molecule has 0 atom stereocenters. The van der Waals surface area contributed by atoms with Crippen molar-refractivity contribution in [2.24, 2.45) is 0 Å². The summed E-state index contributed by atoms with van der Waals surface area (Å²) in [5, 5.41) is 4.96. The lowest BCUT2D eigenvalue weighted by molar-refractivity contribution is -0.116. The molecule has 1 N–H and O–H groups in total. The normalized spacial score (nSPS) is 12.0. The van der Waals surface area contributed by atoms with Crippen molar-refractivity contribution in [3.05, 3.63) is 71.6 Å². The minimum Gasteiger partial charge on any atom is -0.347 e. The molecule has 0 unspecified atom stereocenters. The van der Waals surface area contributed by atoms with Crippen LogP contribution in [0.1, 0.15) is 26.3 Å². The fraction of sp³-hybridized carbons (Fsp3) is 0.211. The average Bonchev–Trinajstić information content (AvgIpc) is 2.48. The van der Waals surface area contributed by atoms with Crippen LogP contribution in [-0.2, 0) is 4.79 Å². The largest absolute Gasteiger partial charge is 0.347 e. The number of carbonyl (C=O) groups excluding carboxylic acids is 1. The van der Waals surface area contributed by atoms with Gasteiger partial charge in [0.05, 0.1) is 5.57 Å². The Morgan fingerprint density at radius 3 is 2.05 bits per heavy atom. The first kappa shape index (κ1) is 16.4. The van der Waals surface area contributed by atoms with E-state index in [0.29, 0.717) is 5.57 Å². The van der Waals surface area contributed by atoms with Crippen molar-refractivity contribution < 1.29 is 4.79 Å². The first-order chi connectivity index (χ1) is 10.5. The summed E-state index contributed by atoms with van der Waals surface area (Å²) in [4.78, 5) is 13.7. The van der Waals surface area contributed by atoms with E-state index < -0.39 is 0 Å². The summed E-state index contributed by atoms with van der Waals surface area (Å²) in [7, 11) is 0. The highest BCUT2D eigenvalue weighted by atomic mass is 32.2. The molecule has 114 valence electrons. The van der Waals surface area contributed by atoms with Crippen LogP contribution >= 0.6 is 11.8 Å². The highest BCUT2D eigenvalue weighted by Crippen LogP contribution is 2.25. The van der Waals surface area contributed by atoms with Gasteiger partial charge in [0.15, 0.2) is 0 Å². The third-order valence-corrected chi connectivity index (χ3v) is 3.77. The lowest BCUT2D eigenvalue weighted by atomic mass is 10.0. The Balaban J connectivity index is 2.27. The van der Waals surface area contributed by atoms with E-state index in [1.54, 1.807) is 11.8 Å². The van der Waals surface area contributed by atoms with E-state index in [4.69, 9.17) is 0 Å². The first-order valence-electron chi connectivity index (χ1n) is 7.25. The van der Waals surface area contributed by atoms with Crippen molar-refractivity contribution in [1.82, 2.24) is 5.32 Å². The standard InChI is InChI=1S/C19H21NOS/c1-19(2,3)20-18(21)17(15-10-6-4-7-11-15)14-22-16-12-8-5-9-13-16/h4-14H,1-3H3,(H,20,21)/b17-14-. The van der Waals surface area contributed by atoms with Crippen molar-refractivity contribution in [2.45, 2.75) is 31.2 Å². The zero-order chi connectivity index (χ0) is 16.0. The number of carbonyl (C=O) groups is 1. The van der Waals surface area contributed by atoms with Crippen LogP contribution in [0.15, 0.2) is 71.0 Å². The van der Waals surface area contributed by atoms with Gasteiger partial charge in [0.1, 0.15) is 0 Å². The minimum absolute atomic E-state index is 0.0536. The fourth-order valence-corrected chi connectivity index (χ4v) is 2.72. The van der Waals surface area contributed by atoms with Crippen LogP contribution in [0.3, 0.4) is 0 Å². The molecule has 0 aromatic heterocycles. The van der Waals surface area contributed by atoms with E-state index in [9.17, 15) is 4.79 Å². The van der Waals surface area contributed by atoms with Gasteiger partial charge in [-0.05, 0) is 43.9 Å². The van der Waals surface area contributed by atoms with Gasteiger partial charge >= 0.3 is 0 Å². The van der Waals surface area contributed by atoms with Crippen LogP contribution < -0.4 is 5.32 Å². The van der Waals surface area contributed by atoms with Crippen LogP contribution in [-0.4, -0.2) is 11.4 Å². The van der Waals surface area contributed by atoms with Gasteiger partial charge in [-0.3, -0.25) is 4.79 Å². The predicted molar refractivity (Wildman–Crippen MR) is 94.6 cm³/mol. The molecule has 0 fully saturated rings. The molecule has 0 aliphatic carbocycles. The SMILES string of the molecule is CC(C)(C)NC(=O)/C(=C\Sc1ccccc1)c1ccccc1. The van der Waals surface area contributed by atoms with Crippen molar-refractivity contribution in [3.63, 3.8) is 0 Å².